The van der Waals surface area contributed by atoms with Gasteiger partial charge in [0.2, 0.25) is 0 Å². The fourth-order valence-electron chi connectivity index (χ4n) is 8.11. The summed E-state index contributed by atoms with van der Waals surface area (Å²) < 4.78 is 20.4. The molecule has 0 aliphatic carbocycles. The summed E-state index contributed by atoms with van der Waals surface area (Å²) >= 11 is 6.84. The van der Waals surface area contributed by atoms with E-state index < -0.39 is 6.17 Å². The molecular formula is C35H51ClFN11O. The molecular weight excluding hydrogens is 645 g/mol. The van der Waals surface area contributed by atoms with E-state index in [4.69, 9.17) is 43.1 Å². The smallest absolute Gasteiger partial charge is 0.318 e. The molecule has 2 aromatic heterocycles. The van der Waals surface area contributed by atoms with Gasteiger partial charge in [0.25, 0.3) is 0 Å². The highest BCUT2D eigenvalue weighted by Gasteiger charge is 2.44. The van der Waals surface area contributed by atoms with Crippen LogP contribution in [-0.4, -0.2) is 92.9 Å². The standard InChI is InChI=1S/C27H37ClN10O.C8H14FN/c1-5-9-17-10-6-7-11-18(17)21-14-20-19(15-35(21)2)25(32-27(31-20)39-4)37-12-8-13-38-22(16-37)23(28)24(34-38)26(33-29)36(3)30;1-8-3-2-4-10(8)6-7(9)5-8/h6-7,10-11,21H,5,8-9,12-16,29-30H2,1-4H3;7H,2-6H2,1H3/b33-26-;. The van der Waals surface area contributed by atoms with Crippen molar-refractivity contribution in [3.63, 3.8) is 0 Å². The van der Waals surface area contributed by atoms with E-state index in [1.54, 1.807) is 14.2 Å². The number of methoxy groups -OCH3 is 1. The molecule has 266 valence electrons. The number of rotatable bonds is 6. The Balaban J connectivity index is 0.000000353. The largest absolute Gasteiger partial charge is 0.467 e. The number of anilines is 1. The Kier molecular flexibility index (Phi) is 10.6. The molecule has 12 nitrogen and oxygen atoms in total. The van der Waals surface area contributed by atoms with Gasteiger partial charge >= 0.3 is 6.01 Å². The number of nitrogens with two attached hydrogens (primary N) is 2. The third-order valence-corrected chi connectivity index (χ3v) is 11.0. The van der Waals surface area contributed by atoms with Gasteiger partial charge < -0.3 is 15.5 Å². The molecule has 49 heavy (non-hydrogen) atoms. The van der Waals surface area contributed by atoms with E-state index in [1.165, 1.54) is 29.0 Å². The maximum absolute atomic E-state index is 12.8. The normalized spacial score (nSPS) is 24.1. The first-order valence-electron chi connectivity index (χ1n) is 17.4. The van der Waals surface area contributed by atoms with E-state index in [2.05, 4.69) is 65.0 Å². The van der Waals surface area contributed by atoms with Gasteiger partial charge in [-0.1, -0.05) is 49.2 Å². The van der Waals surface area contributed by atoms with Crippen LogP contribution in [0.1, 0.15) is 85.8 Å². The maximum atomic E-state index is 12.8. The molecule has 7 rings (SSSR count). The third kappa shape index (κ3) is 7.08. The maximum Gasteiger partial charge on any atom is 0.318 e. The van der Waals surface area contributed by atoms with Gasteiger partial charge in [0, 0.05) is 56.8 Å². The molecule has 14 heteroatoms. The molecule has 4 aliphatic heterocycles. The number of aryl methyl sites for hydroxylation is 2. The van der Waals surface area contributed by atoms with Crippen molar-refractivity contribution in [1.29, 1.82) is 0 Å². The number of likely N-dealkylation sites (N-methyl/N-ethyl adjacent to an activating group) is 1. The number of ether oxygens (including phenoxy) is 1. The van der Waals surface area contributed by atoms with Crippen LogP contribution in [0.4, 0.5) is 10.2 Å². The van der Waals surface area contributed by atoms with E-state index in [9.17, 15) is 4.39 Å². The predicted molar refractivity (Wildman–Crippen MR) is 191 cm³/mol. The van der Waals surface area contributed by atoms with Gasteiger partial charge in [-0.05, 0) is 63.7 Å². The lowest BCUT2D eigenvalue weighted by atomic mass is 9.89. The number of hydrazone groups is 1. The number of halogens is 2. The number of benzene rings is 1. The van der Waals surface area contributed by atoms with E-state index in [0.29, 0.717) is 42.2 Å². The van der Waals surface area contributed by atoms with Crippen molar-refractivity contribution in [3.8, 4) is 6.01 Å². The van der Waals surface area contributed by atoms with Gasteiger partial charge in [0.15, 0.2) is 5.84 Å². The number of hydrazine groups is 1. The predicted octanol–water partition coefficient (Wildman–Crippen LogP) is 4.44. The molecule has 0 bridgehead atoms. The molecule has 1 aromatic carbocycles. The molecule has 6 heterocycles. The Labute approximate surface area is 294 Å². The number of amidine groups is 1. The minimum absolute atomic E-state index is 0.234. The molecule has 2 saturated heterocycles. The van der Waals surface area contributed by atoms with E-state index >= 15 is 0 Å². The Morgan fingerprint density at radius 3 is 2.69 bits per heavy atom. The monoisotopic (exact) mass is 695 g/mol. The minimum atomic E-state index is -0.551. The van der Waals surface area contributed by atoms with Gasteiger partial charge in [-0.15, -0.1) is 0 Å². The van der Waals surface area contributed by atoms with E-state index in [-0.39, 0.29) is 11.6 Å². The highest BCUT2D eigenvalue weighted by molar-refractivity contribution is 6.34. The number of aromatic nitrogens is 4. The number of hydrogen-bond acceptors (Lipinski definition) is 10. The molecule has 2 fully saturated rings. The topological polar surface area (TPSA) is 130 Å². The molecule has 3 aromatic rings. The van der Waals surface area contributed by atoms with Gasteiger partial charge in [0.1, 0.15) is 17.7 Å². The van der Waals surface area contributed by atoms with Crippen molar-refractivity contribution in [2.75, 3.05) is 45.7 Å². The van der Waals surface area contributed by atoms with E-state index in [1.807, 2.05) is 4.68 Å². The van der Waals surface area contributed by atoms with Crippen molar-refractivity contribution >= 4 is 23.3 Å². The van der Waals surface area contributed by atoms with Gasteiger partial charge in [-0.25, -0.2) is 10.2 Å². The summed E-state index contributed by atoms with van der Waals surface area (Å²) in [5.74, 6) is 12.7. The number of hydrogen-bond donors (Lipinski definition) is 2. The second kappa shape index (κ2) is 14.8. The summed E-state index contributed by atoms with van der Waals surface area (Å²) in [6.45, 7) is 8.99. The van der Waals surface area contributed by atoms with Crippen LogP contribution in [0.15, 0.2) is 29.4 Å². The Hall–Kier alpha value is -3.52. The SMILES string of the molecule is CC12CCCN1CC(F)C2.CCCc1ccccc1C1Cc2nc(OC)nc(N3CCCn4nc(/C(=N/N)N(C)N)c(Cl)c4C3)c2CN1C. The number of fused-ring (bicyclic) bond motifs is 3. The van der Waals surface area contributed by atoms with Gasteiger partial charge in [-0.3, -0.25) is 19.5 Å². The summed E-state index contributed by atoms with van der Waals surface area (Å²) in [5.41, 5.74) is 6.49. The van der Waals surface area contributed by atoms with Gasteiger partial charge in [-0.2, -0.15) is 20.2 Å². The van der Waals surface area contributed by atoms with Crippen LogP contribution in [0.5, 0.6) is 6.01 Å². The molecule has 0 saturated carbocycles. The summed E-state index contributed by atoms with van der Waals surface area (Å²) in [6.07, 6.45) is 6.51. The zero-order valence-electron chi connectivity index (χ0n) is 29.5. The number of nitrogens with zero attached hydrogens (tertiary/aromatic N) is 9. The van der Waals surface area contributed by atoms with Crippen LogP contribution in [0.2, 0.25) is 5.02 Å². The van der Waals surface area contributed by atoms with Crippen molar-refractivity contribution in [2.45, 2.75) is 96.2 Å². The first-order chi connectivity index (χ1) is 23.6. The summed E-state index contributed by atoms with van der Waals surface area (Å²) in [5, 5.41) is 10.3. The zero-order chi connectivity index (χ0) is 34.9. The van der Waals surface area contributed by atoms with Crippen LogP contribution < -0.4 is 21.3 Å². The summed E-state index contributed by atoms with van der Waals surface area (Å²) in [6, 6.07) is 9.37. The Morgan fingerprint density at radius 1 is 1.18 bits per heavy atom. The number of alkyl halides is 1. The second-order valence-corrected chi connectivity index (χ2v) is 14.4. The molecule has 0 amide bonds. The highest BCUT2D eigenvalue weighted by Crippen LogP contribution is 2.40. The lowest BCUT2D eigenvalue weighted by molar-refractivity contribution is 0.212. The van der Waals surface area contributed by atoms with Crippen LogP contribution in [0.25, 0.3) is 0 Å². The molecule has 4 N–H and O–H groups in total. The van der Waals surface area contributed by atoms with E-state index in [0.717, 1.165) is 74.5 Å². The molecule has 3 unspecified atom stereocenters. The van der Waals surface area contributed by atoms with Crippen molar-refractivity contribution in [2.24, 2.45) is 16.8 Å². The summed E-state index contributed by atoms with van der Waals surface area (Å²) in [4.78, 5) is 16.7. The minimum Gasteiger partial charge on any atom is -0.467 e. The van der Waals surface area contributed by atoms with Gasteiger partial charge in [0.05, 0.1) is 30.1 Å². The molecule has 3 atom stereocenters. The van der Waals surface area contributed by atoms with Crippen molar-refractivity contribution in [3.05, 3.63) is 63.1 Å². The first kappa shape index (κ1) is 35.3. The Morgan fingerprint density at radius 2 is 1.98 bits per heavy atom. The van der Waals surface area contributed by atoms with Crippen molar-refractivity contribution < 1.29 is 9.13 Å². The molecule has 0 spiro atoms. The quantitative estimate of drug-likeness (QED) is 0.165. The molecule has 0 radical (unpaired) electrons. The highest BCUT2D eigenvalue weighted by atomic mass is 35.5. The van der Waals surface area contributed by atoms with Crippen LogP contribution in [0.3, 0.4) is 0 Å². The summed E-state index contributed by atoms with van der Waals surface area (Å²) in [7, 11) is 5.46. The zero-order valence-corrected chi connectivity index (χ0v) is 30.3. The van der Waals surface area contributed by atoms with Crippen LogP contribution in [0, 0.1) is 0 Å². The Bertz CT molecular complexity index is 1660. The first-order valence-corrected chi connectivity index (χ1v) is 17.8. The fraction of sp³-hybridized carbons (Fsp3) is 0.600. The van der Waals surface area contributed by atoms with Crippen LogP contribution in [-0.2, 0) is 32.5 Å². The average molecular weight is 696 g/mol. The molecule has 4 aliphatic rings. The lowest BCUT2D eigenvalue weighted by Gasteiger charge is -2.37. The van der Waals surface area contributed by atoms with Crippen LogP contribution >= 0.6 is 11.6 Å². The second-order valence-electron chi connectivity index (χ2n) is 14.1. The lowest BCUT2D eigenvalue weighted by Crippen LogP contribution is -2.35. The van der Waals surface area contributed by atoms with Crippen molar-refractivity contribution in [1.82, 2.24) is 34.6 Å². The fourth-order valence-corrected chi connectivity index (χ4v) is 8.39. The third-order valence-electron chi connectivity index (χ3n) is 10.6. The average Bonchev–Trinajstić information content (AvgIpc) is 3.61.